The quantitative estimate of drug-likeness (QED) is 0.504. The monoisotopic (exact) mass is 340 g/mol. The standard InChI is InChI=1S/C12H12N4O6S/c13-10-7(5-15-12(14)16-10)6-21-11(17)8-3-1-2-4-9(8)22-23(18,19)20/h1-5H,6H2,(H,18,19,20)(H4,13,14,15,16). The van der Waals surface area contributed by atoms with Crippen LogP contribution in [0.25, 0.3) is 0 Å². The Kier molecular flexibility index (Phi) is 4.62. The highest BCUT2D eigenvalue weighted by molar-refractivity contribution is 7.81. The van der Waals surface area contributed by atoms with Crippen molar-refractivity contribution in [2.45, 2.75) is 6.61 Å². The van der Waals surface area contributed by atoms with E-state index in [2.05, 4.69) is 14.2 Å². The fourth-order valence-electron chi connectivity index (χ4n) is 1.59. The van der Waals surface area contributed by atoms with Gasteiger partial charge in [-0.1, -0.05) is 12.1 Å². The molecule has 0 radical (unpaired) electrons. The van der Waals surface area contributed by atoms with Gasteiger partial charge in [0.25, 0.3) is 0 Å². The van der Waals surface area contributed by atoms with Gasteiger partial charge in [0.1, 0.15) is 18.0 Å². The van der Waals surface area contributed by atoms with Gasteiger partial charge in [0.15, 0.2) is 5.75 Å². The molecule has 0 aliphatic carbocycles. The summed E-state index contributed by atoms with van der Waals surface area (Å²) in [6.45, 7) is -0.259. The van der Waals surface area contributed by atoms with E-state index >= 15 is 0 Å². The molecule has 0 fully saturated rings. The third-order valence-electron chi connectivity index (χ3n) is 2.58. The Balaban J connectivity index is 2.15. The van der Waals surface area contributed by atoms with E-state index in [4.69, 9.17) is 20.8 Å². The van der Waals surface area contributed by atoms with Crippen LogP contribution in [0.3, 0.4) is 0 Å². The van der Waals surface area contributed by atoms with Gasteiger partial charge < -0.3 is 20.4 Å². The molecule has 122 valence electrons. The Morgan fingerprint density at radius 3 is 2.61 bits per heavy atom. The fourth-order valence-corrected chi connectivity index (χ4v) is 1.96. The predicted octanol–water partition coefficient (Wildman–Crippen LogP) is 0.180. The van der Waals surface area contributed by atoms with Crippen LogP contribution in [-0.2, 0) is 21.7 Å². The van der Waals surface area contributed by atoms with E-state index in [1.54, 1.807) is 0 Å². The molecule has 1 aromatic heterocycles. The number of anilines is 2. The average molecular weight is 340 g/mol. The van der Waals surface area contributed by atoms with E-state index in [0.717, 1.165) is 0 Å². The van der Waals surface area contributed by atoms with Crippen LogP contribution in [0, 0.1) is 0 Å². The van der Waals surface area contributed by atoms with E-state index in [0.29, 0.717) is 5.56 Å². The van der Waals surface area contributed by atoms with Crippen LogP contribution in [0.2, 0.25) is 0 Å². The van der Waals surface area contributed by atoms with Crippen LogP contribution >= 0.6 is 0 Å². The number of para-hydroxylation sites is 1. The lowest BCUT2D eigenvalue weighted by molar-refractivity contribution is 0.0471. The average Bonchev–Trinajstić information content (AvgIpc) is 2.45. The van der Waals surface area contributed by atoms with Crippen LogP contribution < -0.4 is 15.7 Å². The van der Waals surface area contributed by atoms with Crippen molar-refractivity contribution < 1.29 is 26.7 Å². The molecule has 0 saturated heterocycles. The third-order valence-corrected chi connectivity index (χ3v) is 2.97. The van der Waals surface area contributed by atoms with Gasteiger partial charge >= 0.3 is 16.4 Å². The normalized spacial score (nSPS) is 11.0. The molecule has 11 heteroatoms. The SMILES string of the molecule is Nc1ncc(COC(=O)c2ccccc2OS(=O)(=O)O)c(N)n1. The summed E-state index contributed by atoms with van der Waals surface area (Å²) < 4.78 is 39.5. The van der Waals surface area contributed by atoms with E-state index < -0.39 is 16.4 Å². The van der Waals surface area contributed by atoms with E-state index in [-0.39, 0.29) is 29.7 Å². The second kappa shape index (κ2) is 6.46. The van der Waals surface area contributed by atoms with Crippen molar-refractivity contribution in [1.29, 1.82) is 0 Å². The minimum absolute atomic E-state index is 0.0236. The van der Waals surface area contributed by atoms with Crippen LogP contribution in [0.4, 0.5) is 11.8 Å². The molecule has 1 heterocycles. The number of aromatic nitrogens is 2. The highest BCUT2D eigenvalue weighted by atomic mass is 32.3. The topological polar surface area (TPSA) is 168 Å². The number of esters is 1. The van der Waals surface area contributed by atoms with Gasteiger partial charge in [-0.2, -0.15) is 13.4 Å². The summed E-state index contributed by atoms with van der Waals surface area (Å²) in [6, 6.07) is 5.34. The van der Waals surface area contributed by atoms with E-state index in [1.165, 1.54) is 30.5 Å². The molecule has 0 amide bonds. The summed E-state index contributed by atoms with van der Waals surface area (Å²) in [5, 5.41) is 0. The van der Waals surface area contributed by atoms with E-state index in [1.807, 2.05) is 0 Å². The lowest BCUT2D eigenvalue weighted by Crippen LogP contribution is -2.13. The van der Waals surface area contributed by atoms with Crippen molar-refractivity contribution in [3.63, 3.8) is 0 Å². The molecular formula is C12H12N4O6S. The van der Waals surface area contributed by atoms with Crippen molar-refractivity contribution >= 4 is 28.1 Å². The van der Waals surface area contributed by atoms with Crippen molar-refractivity contribution in [3.8, 4) is 5.75 Å². The van der Waals surface area contributed by atoms with Crippen molar-refractivity contribution in [2.24, 2.45) is 0 Å². The number of nitrogens with zero attached hydrogens (tertiary/aromatic N) is 2. The molecule has 0 saturated carbocycles. The van der Waals surface area contributed by atoms with Crippen molar-refractivity contribution in [3.05, 3.63) is 41.6 Å². The zero-order chi connectivity index (χ0) is 17.0. The number of carbonyl (C=O) groups excluding carboxylic acids is 1. The first-order valence-electron chi connectivity index (χ1n) is 6.06. The minimum atomic E-state index is -4.77. The lowest BCUT2D eigenvalue weighted by atomic mass is 10.2. The molecule has 0 aliphatic heterocycles. The van der Waals surface area contributed by atoms with Gasteiger partial charge in [-0.15, -0.1) is 0 Å². The molecular weight excluding hydrogens is 328 g/mol. The Morgan fingerprint density at radius 1 is 1.26 bits per heavy atom. The second-order valence-electron chi connectivity index (χ2n) is 4.22. The predicted molar refractivity (Wildman–Crippen MR) is 78.6 cm³/mol. The first-order valence-corrected chi connectivity index (χ1v) is 7.42. The molecule has 0 atom stereocenters. The summed E-state index contributed by atoms with van der Waals surface area (Å²) in [6.07, 6.45) is 1.30. The molecule has 0 aliphatic rings. The molecule has 10 nitrogen and oxygen atoms in total. The molecule has 0 spiro atoms. The van der Waals surface area contributed by atoms with Crippen LogP contribution in [0.15, 0.2) is 30.5 Å². The highest BCUT2D eigenvalue weighted by Crippen LogP contribution is 2.21. The molecule has 23 heavy (non-hydrogen) atoms. The molecule has 0 bridgehead atoms. The van der Waals surface area contributed by atoms with Gasteiger partial charge in [0, 0.05) is 6.20 Å². The number of hydrogen-bond donors (Lipinski definition) is 3. The maximum absolute atomic E-state index is 12.0. The fraction of sp³-hybridized carbons (Fsp3) is 0.0833. The number of nitrogens with two attached hydrogens (primary N) is 2. The lowest BCUT2D eigenvalue weighted by Gasteiger charge is -2.09. The number of hydrogen-bond acceptors (Lipinski definition) is 9. The zero-order valence-corrected chi connectivity index (χ0v) is 12.4. The zero-order valence-electron chi connectivity index (χ0n) is 11.5. The summed E-state index contributed by atoms with van der Waals surface area (Å²) >= 11 is 0. The molecule has 2 aromatic rings. The smallest absolute Gasteiger partial charge is 0.446 e. The minimum Gasteiger partial charge on any atom is -0.457 e. The van der Waals surface area contributed by atoms with Crippen molar-refractivity contribution in [2.75, 3.05) is 11.5 Å². The van der Waals surface area contributed by atoms with Gasteiger partial charge in [-0.3, -0.25) is 4.55 Å². The maximum atomic E-state index is 12.0. The molecule has 0 unspecified atom stereocenters. The van der Waals surface area contributed by atoms with Crippen LogP contribution in [0.1, 0.15) is 15.9 Å². The maximum Gasteiger partial charge on any atom is 0.446 e. The Labute approximate surface area is 131 Å². The van der Waals surface area contributed by atoms with Crippen LogP contribution in [-0.4, -0.2) is 28.9 Å². The number of ether oxygens (including phenoxy) is 1. The Bertz CT molecular complexity index is 839. The molecule has 5 N–H and O–H groups in total. The van der Waals surface area contributed by atoms with Gasteiger partial charge in [0.2, 0.25) is 5.95 Å². The van der Waals surface area contributed by atoms with Crippen LogP contribution in [0.5, 0.6) is 5.75 Å². The van der Waals surface area contributed by atoms with Gasteiger partial charge in [0.05, 0.1) is 5.56 Å². The van der Waals surface area contributed by atoms with E-state index in [9.17, 15) is 13.2 Å². The first-order chi connectivity index (χ1) is 10.8. The van der Waals surface area contributed by atoms with Gasteiger partial charge in [-0.05, 0) is 12.1 Å². The highest BCUT2D eigenvalue weighted by Gasteiger charge is 2.18. The molecule has 2 rings (SSSR count). The number of nitrogen functional groups attached to an aromatic ring is 2. The summed E-state index contributed by atoms with van der Waals surface area (Å²) in [4.78, 5) is 19.4. The Morgan fingerprint density at radius 2 is 1.96 bits per heavy atom. The summed E-state index contributed by atoms with van der Waals surface area (Å²) in [5.41, 5.74) is 11.1. The first kappa shape index (κ1) is 16.5. The number of benzene rings is 1. The summed E-state index contributed by atoms with van der Waals surface area (Å²) in [5.74, 6) is -1.24. The van der Waals surface area contributed by atoms with Crippen molar-refractivity contribution in [1.82, 2.24) is 9.97 Å². The number of carbonyl (C=O) groups is 1. The third kappa shape index (κ3) is 4.52. The molecule has 1 aromatic carbocycles. The largest absolute Gasteiger partial charge is 0.457 e. The second-order valence-corrected chi connectivity index (χ2v) is 5.24. The number of rotatable bonds is 5. The van der Waals surface area contributed by atoms with Gasteiger partial charge in [-0.25, -0.2) is 9.78 Å². The summed E-state index contributed by atoms with van der Waals surface area (Å²) in [7, 11) is -4.77. The Hall–Kier alpha value is -2.92.